The van der Waals surface area contributed by atoms with Gasteiger partial charge in [0.15, 0.2) is 0 Å². The van der Waals surface area contributed by atoms with Gasteiger partial charge in [-0.2, -0.15) is 0 Å². The number of amides is 1. The summed E-state index contributed by atoms with van der Waals surface area (Å²) < 4.78 is 5.57. The Kier molecular flexibility index (Phi) is 6.03. The van der Waals surface area contributed by atoms with E-state index in [0.717, 1.165) is 16.9 Å². The molecule has 1 rings (SSSR count). The van der Waals surface area contributed by atoms with Crippen molar-refractivity contribution in [2.75, 3.05) is 19.7 Å². The van der Waals surface area contributed by atoms with Crippen molar-refractivity contribution in [2.45, 2.75) is 27.2 Å². The summed E-state index contributed by atoms with van der Waals surface area (Å²) in [5.41, 5.74) is 2.18. The summed E-state index contributed by atoms with van der Waals surface area (Å²) in [5, 5.41) is 8.70. The van der Waals surface area contributed by atoms with Crippen LogP contribution in [-0.2, 0) is 9.59 Å². The molecule has 0 radical (unpaired) electrons. The standard InChI is InChI=1S/C15H21NO4/c1-4-16(10-15(18)19)14(17)7-8-20-13-6-5-11(2)9-12(13)3/h5-6,9H,4,7-8,10H2,1-3H3,(H,18,19). The first-order chi connectivity index (χ1) is 9.43. The lowest BCUT2D eigenvalue weighted by molar-refractivity contribution is -0.144. The molecule has 0 aliphatic carbocycles. The largest absolute Gasteiger partial charge is 0.493 e. The normalized spacial score (nSPS) is 10.2. The quantitative estimate of drug-likeness (QED) is 0.829. The first-order valence-corrected chi connectivity index (χ1v) is 6.63. The number of likely N-dealkylation sites (N-methyl/N-ethyl adjacent to an activating group) is 1. The highest BCUT2D eigenvalue weighted by Crippen LogP contribution is 2.18. The van der Waals surface area contributed by atoms with E-state index in [9.17, 15) is 9.59 Å². The van der Waals surface area contributed by atoms with Crippen molar-refractivity contribution in [3.05, 3.63) is 29.3 Å². The van der Waals surface area contributed by atoms with Gasteiger partial charge in [0, 0.05) is 6.54 Å². The SMILES string of the molecule is CCN(CC(=O)O)C(=O)CCOc1ccc(C)cc1C. The number of benzene rings is 1. The molecule has 1 amide bonds. The number of aliphatic carboxylic acids is 1. The van der Waals surface area contributed by atoms with E-state index in [1.54, 1.807) is 6.92 Å². The molecule has 20 heavy (non-hydrogen) atoms. The fourth-order valence-electron chi connectivity index (χ4n) is 1.91. The molecule has 5 nitrogen and oxygen atoms in total. The van der Waals surface area contributed by atoms with E-state index >= 15 is 0 Å². The average Bonchev–Trinajstić information content (AvgIpc) is 2.38. The second-order valence-electron chi connectivity index (χ2n) is 4.67. The molecule has 0 atom stereocenters. The second-order valence-corrected chi connectivity index (χ2v) is 4.67. The number of nitrogens with zero attached hydrogens (tertiary/aromatic N) is 1. The minimum absolute atomic E-state index is 0.175. The Morgan fingerprint density at radius 2 is 2.00 bits per heavy atom. The maximum absolute atomic E-state index is 11.8. The van der Waals surface area contributed by atoms with Crippen molar-refractivity contribution in [3.63, 3.8) is 0 Å². The monoisotopic (exact) mass is 279 g/mol. The summed E-state index contributed by atoms with van der Waals surface area (Å²) in [5.74, 6) is -0.458. The van der Waals surface area contributed by atoms with Crippen LogP contribution in [0.3, 0.4) is 0 Å². The van der Waals surface area contributed by atoms with E-state index in [2.05, 4.69) is 0 Å². The van der Waals surface area contributed by atoms with Crippen LogP contribution in [0.2, 0.25) is 0 Å². The highest BCUT2D eigenvalue weighted by Gasteiger charge is 2.14. The Balaban J connectivity index is 2.46. The van der Waals surface area contributed by atoms with Gasteiger partial charge >= 0.3 is 5.97 Å². The number of aryl methyl sites for hydroxylation is 2. The minimum atomic E-state index is -1.00. The van der Waals surface area contributed by atoms with Crippen LogP contribution in [0.5, 0.6) is 5.75 Å². The number of ether oxygens (including phenoxy) is 1. The molecule has 0 spiro atoms. The third-order valence-electron chi connectivity index (χ3n) is 2.96. The van der Waals surface area contributed by atoms with E-state index < -0.39 is 5.97 Å². The van der Waals surface area contributed by atoms with E-state index in [1.807, 2.05) is 32.0 Å². The van der Waals surface area contributed by atoms with Gasteiger partial charge in [-0.15, -0.1) is 0 Å². The van der Waals surface area contributed by atoms with Crippen molar-refractivity contribution >= 4 is 11.9 Å². The average molecular weight is 279 g/mol. The maximum atomic E-state index is 11.8. The van der Waals surface area contributed by atoms with E-state index in [0.29, 0.717) is 6.54 Å². The molecule has 0 fully saturated rings. The van der Waals surface area contributed by atoms with Gasteiger partial charge in [-0.25, -0.2) is 0 Å². The number of carboxylic acids is 1. The molecule has 5 heteroatoms. The Morgan fingerprint density at radius 3 is 2.55 bits per heavy atom. The van der Waals surface area contributed by atoms with Crippen LogP contribution in [0.15, 0.2) is 18.2 Å². The fourth-order valence-corrected chi connectivity index (χ4v) is 1.91. The molecule has 1 N–H and O–H groups in total. The Labute approximate surface area is 119 Å². The zero-order valence-corrected chi connectivity index (χ0v) is 12.2. The molecular formula is C15H21NO4. The third-order valence-corrected chi connectivity index (χ3v) is 2.96. The van der Waals surface area contributed by atoms with Crippen LogP contribution >= 0.6 is 0 Å². The van der Waals surface area contributed by atoms with Crippen LogP contribution in [0.1, 0.15) is 24.5 Å². The van der Waals surface area contributed by atoms with Gasteiger partial charge < -0.3 is 14.7 Å². The van der Waals surface area contributed by atoms with Crippen LogP contribution in [0.4, 0.5) is 0 Å². The lowest BCUT2D eigenvalue weighted by Crippen LogP contribution is -2.36. The molecule has 110 valence electrons. The predicted octanol–water partition coefficient (Wildman–Crippen LogP) is 2.01. The first-order valence-electron chi connectivity index (χ1n) is 6.63. The van der Waals surface area contributed by atoms with Crippen molar-refractivity contribution in [3.8, 4) is 5.75 Å². The fraction of sp³-hybridized carbons (Fsp3) is 0.467. The predicted molar refractivity (Wildman–Crippen MR) is 75.9 cm³/mol. The number of hydrogen-bond donors (Lipinski definition) is 1. The number of hydrogen-bond acceptors (Lipinski definition) is 3. The number of carbonyl (C=O) groups is 2. The molecule has 0 bridgehead atoms. The van der Waals surface area contributed by atoms with Gasteiger partial charge in [0.05, 0.1) is 13.0 Å². The minimum Gasteiger partial charge on any atom is -0.493 e. The zero-order chi connectivity index (χ0) is 15.1. The molecule has 0 saturated heterocycles. The van der Waals surface area contributed by atoms with E-state index in [-0.39, 0.29) is 25.5 Å². The van der Waals surface area contributed by atoms with Gasteiger partial charge in [-0.05, 0) is 32.4 Å². The summed E-state index contributed by atoms with van der Waals surface area (Å²) >= 11 is 0. The lowest BCUT2D eigenvalue weighted by Gasteiger charge is -2.18. The van der Waals surface area contributed by atoms with E-state index in [1.165, 1.54) is 4.90 Å². The van der Waals surface area contributed by atoms with Crippen LogP contribution in [0, 0.1) is 13.8 Å². The maximum Gasteiger partial charge on any atom is 0.323 e. The smallest absolute Gasteiger partial charge is 0.323 e. The summed E-state index contributed by atoms with van der Waals surface area (Å²) in [6, 6.07) is 5.84. The molecule has 1 aromatic carbocycles. The zero-order valence-electron chi connectivity index (χ0n) is 12.2. The summed E-state index contributed by atoms with van der Waals surface area (Å²) in [6.07, 6.45) is 0.175. The summed E-state index contributed by atoms with van der Waals surface area (Å²) in [6.45, 7) is 6.08. The van der Waals surface area contributed by atoms with E-state index in [4.69, 9.17) is 9.84 Å². The second kappa shape index (κ2) is 7.53. The van der Waals surface area contributed by atoms with Gasteiger partial charge in [-0.1, -0.05) is 17.7 Å². The molecule has 0 aliphatic rings. The van der Waals surface area contributed by atoms with Crippen LogP contribution in [-0.4, -0.2) is 41.6 Å². The summed E-state index contributed by atoms with van der Waals surface area (Å²) in [7, 11) is 0. The number of carbonyl (C=O) groups excluding carboxylic acids is 1. The van der Waals surface area contributed by atoms with Gasteiger partial charge in [-0.3, -0.25) is 9.59 Å². The molecule has 0 unspecified atom stereocenters. The lowest BCUT2D eigenvalue weighted by atomic mass is 10.1. The first kappa shape index (κ1) is 16.0. The van der Waals surface area contributed by atoms with Crippen molar-refractivity contribution < 1.29 is 19.4 Å². The van der Waals surface area contributed by atoms with Crippen molar-refractivity contribution in [1.82, 2.24) is 4.90 Å². The Bertz CT molecular complexity index is 485. The Morgan fingerprint density at radius 1 is 1.30 bits per heavy atom. The van der Waals surface area contributed by atoms with Gasteiger partial charge in [0.2, 0.25) is 5.91 Å². The van der Waals surface area contributed by atoms with Gasteiger partial charge in [0.25, 0.3) is 0 Å². The topological polar surface area (TPSA) is 66.8 Å². The molecule has 0 aliphatic heterocycles. The van der Waals surface area contributed by atoms with Crippen LogP contribution in [0.25, 0.3) is 0 Å². The van der Waals surface area contributed by atoms with Crippen molar-refractivity contribution in [1.29, 1.82) is 0 Å². The third kappa shape index (κ3) is 4.91. The molecule has 0 saturated carbocycles. The molecule has 0 heterocycles. The highest BCUT2D eigenvalue weighted by molar-refractivity contribution is 5.81. The molecular weight excluding hydrogens is 258 g/mol. The van der Waals surface area contributed by atoms with Crippen LogP contribution < -0.4 is 4.74 Å². The van der Waals surface area contributed by atoms with Crippen molar-refractivity contribution in [2.24, 2.45) is 0 Å². The number of carboxylic acid groups (broad SMARTS) is 1. The molecule has 0 aromatic heterocycles. The highest BCUT2D eigenvalue weighted by atomic mass is 16.5. The Hall–Kier alpha value is -2.04. The number of rotatable bonds is 7. The molecule has 1 aromatic rings. The summed E-state index contributed by atoms with van der Waals surface area (Å²) in [4.78, 5) is 23.7. The van der Waals surface area contributed by atoms with Gasteiger partial charge in [0.1, 0.15) is 12.3 Å².